The maximum Gasteiger partial charge on any atom is 0.147 e. The number of hydrogen-bond acceptors (Lipinski definition) is 4. The molecule has 4 nitrogen and oxygen atoms in total. The minimum absolute atomic E-state index is 0.113. The zero-order valence-electron chi connectivity index (χ0n) is 9.37. The van der Waals surface area contributed by atoms with Crippen LogP contribution in [0.1, 0.15) is 38.5 Å². The molecule has 0 radical (unpaired) electrons. The van der Waals surface area contributed by atoms with Crippen LogP contribution < -0.4 is 5.73 Å². The Morgan fingerprint density at radius 3 is 2.20 bits per heavy atom. The van der Waals surface area contributed by atoms with Crippen molar-refractivity contribution in [1.82, 2.24) is 0 Å². The molecule has 0 spiro atoms. The number of Topliss-reactive ketones (excluding diaryl/α,β-unsaturated/α-hetero) is 1. The van der Waals surface area contributed by atoms with Crippen LogP contribution in [0.25, 0.3) is 0 Å². The van der Waals surface area contributed by atoms with Crippen molar-refractivity contribution >= 4 is 15.6 Å². The fraction of sp³-hybridized carbons (Fsp3) is 0.900. The average Bonchev–Trinajstić information content (AvgIpc) is 2.10. The molecular formula is C10H21NO3S. The molecule has 0 fully saturated rings. The number of carbonyl (C=O) groups excluding carboxylic acids is 1. The van der Waals surface area contributed by atoms with Gasteiger partial charge in [0, 0.05) is 19.1 Å². The van der Waals surface area contributed by atoms with Crippen LogP contribution in [0.15, 0.2) is 0 Å². The van der Waals surface area contributed by atoms with E-state index in [9.17, 15) is 13.2 Å². The summed E-state index contributed by atoms with van der Waals surface area (Å²) in [5.41, 5.74) is 5.32. The number of unbranched alkanes of at least 4 members (excludes halogenated alkanes) is 2. The van der Waals surface area contributed by atoms with Crippen molar-refractivity contribution in [3.8, 4) is 0 Å². The van der Waals surface area contributed by atoms with Gasteiger partial charge in [0.15, 0.2) is 0 Å². The Morgan fingerprint density at radius 1 is 1.07 bits per heavy atom. The molecule has 0 heterocycles. The molecule has 15 heavy (non-hydrogen) atoms. The van der Waals surface area contributed by atoms with E-state index < -0.39 is 9.84 Å². The van der Waals surface area contributed by atoms with E-state index in [1.807, 2.05) is 0 Å². The zero-order chi connectivity index (χ0) is 11.7. The molecule has 0 aromatic rings. The summed E-state index contributed by atoms with van der Waals surface area (Å²) in [5, 5.41) is 0. The first kappa shape index (κ1) is 14.6. The highest BCUT2D eigenvalue weighted by atomic mass is 32.2. The van der Waals surface area contributed by atoms with E-state index >= 15 is 0 Å². The average molecular weight is 235 g/mol. The van der Waals surface area contributed by atoms with E-state index in [2.05, 4.69) is 0 Å². The lowest BCUT2D eigenvalue weighted by molar-refractivity contribution is -0.119. The van der Waals surface area contributed by atoms with Gasteiger partial charge in [-0.3, -0.25) is 4.79 Å². The van der Waals surface area contributed by atoms with Crippen LogP contribution in [0.2, 0.25) is 0 Å². The number of sulfone groups is 1. The topological polar surface area (TPSA) is 77.2 Å². The fourth-order valence-corrected chi connectivity index (χ4v) is 1.97. The molecule has 0 saturated heterocycles. The summed E-state index contributed by atoms with van der Waals surface area (Å²) in [6, 6.07) is 0. The number of ketones is 1. The van der Waals surface area contributed by atoms with Crippen LogP contribution in [0.4, 0.5) is 0 Å². The molecule has 0 saturated carbocycles. The van der Waals surface area contributed by atoms with Gasteiger partial charge in [-0.25, -0.2) is 8.42 Å². The van der Waals surface area contributed by atoms with Gasteiger partial charge in [0.2, 0.25) is 0 Å². The van der Waals surface area contributed by atoms with Crippen LogP contribution in [0.3, 0.4) is 0 Å². The van der Waals surface area contributed by atoms with Gasteiger partial charge in [0.25, 0.3) is 0 Å². The minimum Gasteiger partial charge on any atom is -0.330 e. The largest absolute Gasteiger partial charge is 0.330 e. The van der Waals surface area contributed by atoms with Gasteiger partial charge in [0.1, 0.15) is 15.6 Å². The third kappa shape index (κ3) is 11.5. The van der Waals surface area contributed by atoms with E-state index in [0.717, 1.165) is 19.3 Å². The van der Waals surface area contributed by atoms with E-state index in [0.29, 0.717) is 25.8 Å². The molecule has 0 bridgehead atoms. The van der Waals surface area contributed by atoms with Crippen LogP contribution in [-0.2, 0) is 14.6 Å². The Bertz CT molecular complexity index is 272. The summed E-state index contributed by atoms with van der Waals surface area (Å²) < 4.78 is 21.6. The van der Waals surface area contributed by atoms with E-state index in [1.165, 1.54) is 6.26 Å². The van der Waals surface area contributed by atoms with Crippen molar-refractivity contribution in [1.29, 1.82) is 0 Å². The van der Waals surface area contributed by atoms with Gasteiger partial charge in [-0.05, 0) is 25.8 Å². The summed E-state index contributed by atoms with van der Waals surface area (Å²) in [6.45, 7) is 0.669. The van der Waals surface area contributed by atoms with Gasteiger partial charge >= 0.3 is 0 Å². The van der Waals surface area contributed by atoms with Crippen LogP contribution in [-0.4, -0.2) is 32.8 Å². The maximum absolute atomic E-state index is 11.3. The fourth-order valence-electron chi connectivity index (χ4n) is 1.30. The third-order valence-electron chi connectivity index (χ3n) is 2.13. The molecule has 5 heteroatoms. The quantitative estimate of drug-likeness (QED) is 0.602. The number of rotatable bonds is 9. The second-order valence-electron chi connectivity index (χ2n) is 3.87. The molecule has 0 aromatic carbocycles. The highest BCUT2D eigenvalue weighted by Gasteiger charge is 2.05. The minimum atomic E-state index is -2.92. The monoisotopic (exact) mass is 235 g/mol. The molecule has 0 unspecified atom stereocenters. The second-order valence-corrected chi connectivity index (χ2v) is 6.13. The van der Waals surface area contributed by atoms with Gasteiger partial charge in [-0.1, -0.05) is 6.42 Å². The Hall–Kier alpha value is -0.420. The van der Waals surface area contributed by atoms with E-state index in [1.54, 1.807) is 0 Å². The predicted octanol–water partition coefficient (Wildman–Crippen LogP) is 0.899. The first-order valence-electron chi connectivity index (χ1n) is 5.35. The molecule has 2 N–H and O–H groups in total. The Morgan fingerprint density at radius 2 is 1.67 bits per heavy atom. The van der Waals surface area contributed by atoms with E-state index in [-0.39, 0.29) is 11.5 Å². The van der Waals surface area contributed by atoms with Gasteiger partial charge < -0.3 is 5.73 Å². The lowest BCUT2D eigenvalue weighted by atomic mass is 10.1. The first-order chi connectivity index (χ1) is 6.95. The van der Waals surface area contributed by atoms with Crippen molar-refractivity contribution in [3.05, 3.63) is 0 Å². The Labute approximate surface area is 92.2 Å². The first-order valence-corrected chi connectivity index (χ1v) is 7.41. The molecule has 0 rings (SSSR count). The van der Waals surface area contributed by atoms with Crippen LogP contribution >= 0.6 is 0 Å². The van der Waals surface area contributed by atoms with Crippen molar-refractivity contribution in [2.75, 3.05) is 18.6 Å². The highest BCUT2D eigenvalue weighted by molar-refractivity contribution is 7.90. The van der Waals surface area contributed by atoms with Crippen LogP contribution in [0.5, 0.6) is 0 Å². The van der Waals surface area contributed by atoms with Gasteiger partial charge in [-0.2, -0.15) is 0 Å². The molecule has 0 aromatic heterocycles. The summed E-state index contributed by atoms with van der Waals surface area (Å²) >= 11 is 0. The summed E-state index contributed by atoms with van der Waals surface area (Å²) in [5.74, 6) is 0.275. The molecule has 0 atom stereocenters. The van der Waals surface area contributed by atoms with Gasteiger partial charge in [0.05, 0.1) is 5.75 Å². The van der Waals surface area contributed by atoms with Crippen molar-refractivity contribution in [3.63, 3.8) is 0 Å². The summed E-state index contributed by atoms with van der Waals surface area (Å²) in [6.07, 6.45) is 5.40. The number of hydrogen-bond donors (Lipinski definition) is 1. The van der Waals surface area contributed by atoms with E-state index in [4.69, 9.17) is 5.73 Å². The normalized spacial score (nSPS) is 11.6. The zero-order valence-corrected chi connectivity index (χ0v) is 10.2. The van der Waals surface area contributed by atoms with Crippen LogP contribution in [0, 0.1) is 0 Å². The summed E-state index contributed by atoms with van der Waals surface area (Å²) in [7, 11) is -2.92. The smallest absolute Gasteiger partial charge is 0.147 e. The maximum atomic E-state index is 11.3. The molecule has 0 aliphatic heterocycles. The van der Waals surface area contributed by atoms with Crippen molar-refractivity contribution in [2.45, 2.75) is 38.5 Å². The second kappa shape index (κ2) is 7.82. The molecular weight excluding hydrogens is 214 g/mol. The molecule has 0 amide bonds. The molecule has 0 aliphatic rings. The summed E-state index contributed by atoms with van der Waals surface area (Å²) in [4.78, 5) is 11.3. The van der Waals surface area contributed by atoms with Crippen molar-refractivity contribution in [2.24, 2.45) is 5.73 Å². The van der Waals surface area contributed by atoms with Crippen molar-refractivity contribution < 1.29 is 13.2 Å². The standard InChI is InChI=1S/C10H21NO3S/c1-15(13,14)9-5-7-10(12)6-3-2-4-8-11/h2-9,11H2,1H3. The number of nitrogens with two attached hydrogens (primary N) is 1. The SMILES string of the molecule is CS(=O)(=O)CCCC(=O)CCCCCN. The lowest BCUT2D eigenvalue weighted by Gasteiger charge is -2.00. The predicted molar refractivity (Wildman–Crippen MR) is 61.5 cm³/mol. The molecule has 90 valence electrons. The van der Waals surface area contributed by atoms with Gasteiger partial charge in [-0.15, -0.1) is 0 Å². The highest BCUT2D eigenvalue weighted by Crippen LogP contribution is 2.04. The number of carbonyl (C=O) groups is 1. The lowest BCUT2D eigenvalue weighted by Crippen LogP contribution is -2.06. The molecule has 0 aliphatic carbocycles. The third-order valence-corrected chi connectivity index (χ3v) is 3.16. The Kier molecular flexibility index (Phi) is 7.60. The Balaban J connectivity index is 3.42.